The van der Waals surface area contributed by atoms with E-state index < -0.39 is 23.1 Å². The number of aromatic nitrogens is 3. The van der Waals surface area contributed by atoms with Crippen LogP contribution >= 0.6 is 0 Å². The molecule has 0 aliphatic heterocycles. The molecule has 0 unspecified atom stereocenters. The van der Waals surface area contributed by atoms with Crippen LogP contribution in [0.25, 0.3) is 11.3 Å². The Bertz CT molecular complexity index is 1860. The fourth-order valence-electron chi connectivity index (χ4n) is 4.36. The summed E-state index contributed by atoms with van der Waals surface area (Å²) in [6.45, 7) is 5.59. The van der Waals surface area contributed by atoms with Crippen LogP contribution in [0.4, 0.5) is 20.3 Å². The number of aryl methyl sites for hydroxylation is 1. The van der Waals surface area contributed by atoms with Crippen molar-refractivity contribution in [3.05, 3.63) is 112 Å². The van der Waals surface area contributed by atoms with E-state index in [-0.39, 0.29) is 28.8 Å². The second kappa shape index (κ2) is 11.7. The molecule has 0 fully saturated rings. The Balaban J connectivity index is 1.30. The van der Waals surface area contributed by atoms with E-state index in [2.05, 4.69) is 15.6 Å². The van der Waals surface area contributed by atoms with Crippen LogP contribution in [-0.2, 0) is 4.79 Å². The maximum absolute atomic E-state index is 15.0. The molecule has 2 amide bonds. The third-order valence-electron chi connectivity index (χ3n) is 6.31. The Labute approximate surface area is 239 Å². The molecule has 5 rings (SSSR count). The van der Waals surface area contributed by atoms with Crippen LogP contribution in [0.2, 0.25) is 0 Å². The molecule has 3 heterocycles. The van der Waals surface area contributed by atoms with Crippen LogP contribution in [0, 0.1) is 24.5 Å². The molecule has 0 aliphatic rings. The van der Waals surface area contributed by atoms with Gasteiger partial charge in [0.1, 0.15) is 22.8 Å². The predicted molar refractivity (Wildman–Crippen MR) is 154 cm³/mol. The second-order valence-corrected chi connectivity index (χ2v) is 10.1. The first kappa shape index (κ1) is 28.2. The van der Waals surface area contributed by atoms with Crippen molar-refractivity contribution in [2.24, 2.45) is 5.92 Å². The highest BCUT2D eigenvalue weighted by Crippen LogP contribution is 2.28. The summed E-state index contributed by atoms with van der Waals surface area (Å²) in [5.74, 6) is -1.24. The molecule has 0 radical (unpaired) electrons. The van der Waals surface area contributed by atoms with Gasteiger partial charge in [-0.15, -0.1) is 0 Å². The van der Waals surface area contributed by atoms with Gasteiger partial charge < -0.3 is 19.8 Å². The molecule has 9 nitrogen and oxygen atoms in total. The van der Waals surface area contributed by atoms with E-state index in [4.69, 9.17) is 4.74 Å². The number of carbonyl (C=O) groups excluding carboxylic acids is 2. The highest BCUT2D eigenvalue weighted by molar-refractivity contribution is 6.04. The Morgan fingerprint density at radius 3 is 2.43 bits per heavy atom. The lowest BCUT2D eigenvalue weighted by Gasteiger charge is -2.13. The Morgan fingerprint density at radius 2 is 1.71 bits per heavy atom. The zero-order valence-electron chi connectivity index (χ0n) is 23.0. The van der Waals surface area contributed by atoms with Crippen molar-refractivity contribution in [3.8, 4) is 17.2 Å². The number of nitrogens with one attached hydrogen (secondary N) is 2. The summed E-state index contributed by atoms with van der Waals surface area (Å²) in [5, 5.41) is 5.29. The van der Waals surface area contributed by atoms with Gasteiger partial charge in [0.05, 0.1) is 12.4 Å². The third-order valence-corrected chi connectivity index (χ3v) is 6.31. The summed E-state index contributed by atoms with van der Waals surface area (Å²) in [5.41, 5.74) is 0.871. The van der Waals surface area contributed by atoms with E-state index in [1.54, 1.807) is 41.9 Å². The van der Waals surface area contributed by atoms with Crippen molar-refractivity contribution in [2.45, 2.75) is 27.2 Å². The normalized spacial score (nSPS) is 11.1. The molecule has 0 spiro atoms. The van der Waals surface area contributed by atoms with Gasteiger partial charge in [-0.25, -0.2) is 13.8 Å². The summed E-state index contributed by atoms with van der Waals surface area (Å²) in [7, 11) is 0. The fraction of sp³-hybridized carbons (Fsp3) is 0.161. The molecule has 0 aliphatic carbocycles. The number of anilines is 2. The first-order chi connectivity index (χ1) is 20.1. The van der Waals surface area contributed by atoms with Crippen molar-refractivity contribution in [1.82, 2.24) is 14.0 Å². The van der Waals surface area contributed by atoms with Crippen LogP contribution in [0.15, 0.2) is 83.9 Å². The molecule has 0 saturated heterocycles. The maximum atomic E-state index is 15.0. The van der Waals surface area contributed by atoms with Gasteiger partial charge in [-0.2, -0.15) is 0 Å². The van der Waals surface area contributed by atoms with Gasteiger partial charge in [0.25, 0.3) is 11.5 Å². The van der Waals surface area contributed by atoms with Crippen LogP contribution in [-0.4, -0.2) is 25.8 Å². The smallest absolute Gasteiger partial charge is 0.268 e. The van der Waals surface area contributed by atoms with E-state index in [1.165, 1.54) is 47.0 Å². The van der Waals surface area contributed by atoms with Crippen LogP contribution in [0.3, 0.4) is 0 Å². The first-order valence-electron chi connectivity index (χ1n) is 13.1. The second-order valence-electron chi connectivity index (χ2n) is 10.1. The standard InChI is InChI=1S/C31H27F2N5O4/c1-18(2)14-29(39)36-27-17-37-16-23(10-13-28(37)35-27)42-26-12-7-21(15-25(26)33)34-30(40)24-11-4-19(3)38(31(24)41)22-8-5-20(32)6-9-22/h4-13,15-18H,14H2,1-3H3,(H,34,40)(H,36,39). The van der Waals surface area contributed by atoms with Gasteiger partial charge in [-0.1, -0.05) is 13.8 Å². The third kappa shape index (κ3) is 6.20. The minimum atomic E-state index is -0.743. The summed E-state index contributed by atoms with van der Waals surface area (Å²) in [4.78, 5) is 42.5. The van der Waals surface area contributed by atoms with E-state index in [0.29, 0.717) is 35.0 Å². The van der Waals surface area contributed by atoms with E-state index in [1.807, 2.05) is 13.8 Å². The summed E-state index contributed by atoms with van der Waals surface area (Å²) in [6.07, 6.45) is 3.60. The number of halogens is 2. The van der Waals surface area contributed by atoms with Crippen molar-refractivity contribution in [1.29, 1.82) is 0 Å². The Morgan fingerprint density at radius 1 is 0.952 bits per heavy atom. The molecular weight excluding hydrogens is 544 g/mol. The SMILES string of the molecule is Cc1ccc(C(=O)Nc2ccc(Oc3ccc4nc(NC(=O)CC(C)C)cn4c3)c(F)c2)c(=O)n1-c1ccc(F)cc1. The molecular formula is C31H27F2N5O4. The predicted octanol–water partition coefficient (Wildman–Crippen LogP) is 6.10. The van der Waals surface area contributed by atoms with Crippen LogP contribution in [0.1, 0.15) is 36.3 Å². The van der Waals surface area contributed by atoms with Crippen LogP contribution in [0.5, 0.6) is 11.5 Å². The van der Waals surface area contributed by atoms with E-state index in [0.717, 1.165) is 6.07 Å². The van der Waals surface area contributed by atoms with Gasteiger partial charge in [0.2, 0.25) is 5.91 Å². The Kier molecular flexibility index (Phi) is 7.83. The highest BCUT2D eigenvalue weighted by atomic mass is 19.1. The van der Waals surface area contributed by atoms with E-state index >= 15 is 0 Å². The zero-order valence-corrected chi connectivity index (χ0v) is 23.0. The molecule has 5 aromatic rings. The average Bonchev–Trinajstić information content (AvgIpc) is 3.32. The Hall–Kier alpha value is -5.32. The minimum Gasteiger partial charge on any atom is -0.453 e. The van der Waals surface area contributed by atoms with Crippen LogP contribution < -0.4 is 20.9 Å². The highest BCUT2D eigenvalue weighted by Gasteiger charge is 2.17. The monoisotopic (exact) mass is 571 g/mol. The lowest BCUT2D eigenvalue weighted by molar-refractivity contribution is -0.116. The average molecular weight is 572 g/mol. The fourth-order valence-corrected chi connectivity index (χ4v) is 4.36. The van der Waals surface area contributed by atoms with Gasteiger partial charge in [0, 0.05) is 29.6 Å². The van der Waals surface area contributed by atoms with Gasteiger partial charge >= 0.3 is 0 Å². The maximum Gasteiger partial charge on any atom is 0.268 e. The van der Waals surface area contributed by atoms with Crippen molar-refractivity contribution >= 4 is 29.0 Å². The summed E-state index contributed by atoms with van der Waals surface area (Å²) in [6, 6.07) is 15.5. The molecule has 2 aromatic carbocycles. The summed E-state index contributed by atoms with van der Waals surface area (Å²) >= 11 is 0. The topological polar surface area (TPSA) is 107 Å². The van der Waals surface area contributed by atoms with E-state index in [9.17, 15) is 23.2 Å². The number of hydrogen-bond acceptors (Lipinski definition) is 5. The quantitative estimate of drug-likeness (QED) is 0.234. The van der Waals surface area contributed by atoms with Gasteiger partial charge in [0.15, 0.2) is 17.4 Å². The number of ether oxygens (including phenoxy) is 1. The molecule has 0 bridgehead atoms. The first-order valence-corrected chi connectivity index (χ1v) is 13.1. The lowest BCUT2D eigenvalue weighted by atomic mass is 10.1. The number of nitrogens with zero attached hydrogens (tertiary/aromatic N) is 3. The molecule has 2 N–H and O–H groups in total. The number of fused-ring (bicyclic) bond motifs is 1. The number of hydrogen-bond donors (Lipinski definition) is 2. The largest absolute Gasteiger partial charge is 0.453 e. The zero-order chi connectivity index (χ0) is 30.0. The summed E-state index contributed by atoms with van der Waals surface area (Å²) < 4.78 is 37.0. The number of amides is 2. The van der Waals surface area contributed by atoms with Gasteiger partial charge in [-0.05, 0) is 73.5 Å². The van der Waals surface area contributed by atoms with Crippen molar-refractivity contribution in [2.75, 3.05) is 10.6 Å². The lowest BCUT2D eigenvalue weighted by Crippen LogP contribution is -2.29. The molecule has 11 heteroatoms. The number of rotatable bonds is 8. The molecule has 42 heavy (non-hydrogen) atoms. The molecule has 0 atom stereocenters. The number of imidazole rings is 1. The molecule has 3 aromatic heterocycles. The molecule has 0 saturated carbocycles. The minimum absolute atomic E-state index is 0.0908. The number of benzene rings is 2. The number of pyridine rings is 2. The molecule has 214 valence electrons. The number of carbonyl (C=O) groups is 2. The van der Waals surface area contributed by atoms with Gasteiger partial charge in [-0.3, -0.25) is 19.0 Å². The van der Waals surface area contributed by atoms with Crippen molar-refractivity contribution in [3.63, 3.8) is 0 Å². The van der Waals surface area contributed by atoms with Crippen molar-refractivity contribution < 1.29 is 23.1 Å².